The zero-order chi connectivity index (χ0) is 20.1. The van der Waals surface area contributed by atoms with Gasteiger partial charge < -0.3 is 5.32 Å². The van der Waals surface area contributed by atoms with Gasteiger partial charge in [-0.2, -0.15) is 0 Å². The number of aryl methyl sites for hydroxylation is 1. The van der Waals surface area contributed by atoms with Crippen molar-refractivity contribution in [3.05, 3.63) is 59.1 Å². The molecule has 0 spiro atoms. The summed E-state index contributed by atoms with van der Waals surface area (Å²) in [5, 5.41) is 13.1. The number of rotatable bonds is 7. The summed E-state index contributed by atoms with van der Waals surface area (Å²) in [6.45, 7) is 6.08. The Kier molecular flexibility index (Phi) is 6.75. The van der Waals surface area contributed by atoms with E-state index in [-0.39, 0.29) is 17.7 Å². The Labute approximate surface area is 174 Å². The van der Waals surface area contributed by atoms with Crippen molar-refractivity contribution in [3.63, 3.8) is 0 Å². The van der Waals surface area contributed by atoms with Crippen molar-refractivity contribution >= 4 is 29.3 Å². The minimum absolute atomic E-state index is 0.0119. The first-order valence-corrected chi connectivity index (χ1v) is 10.5. The van der Waals surface area contributed by atoms with Crippen LogP contribution in [0.3, 0.4) is 0 Å². The molecule has 5 nitrogen and oxygen atoms in total. The minimum Gasteiger partial charge on any atom is -0.353 e. The Morgan fingerprint density at radius 1 is 1.21 bits per heavy atom. The van der Waals surface area contributed by atoms with E-state index in [0.717, 1.165) is 29.1 Å². The molecular formula is C21H23ClN4OS. The number of nitrogens with zero attached hydrogens (tertiary/aromatic N) is 3. The van der Waals surface area contributed by atoms with E-state index < -0.39 is 0 Å². The maximum Gasteiger partial charge on any atom is 0.230 e. The highest BCUT2D eigenvalue weighted by atomic mass is 35.5. The molecule has 0 aliphatic rings. The van der Waals surface area contributed by atoms with Crippen LogP contribution in [0.15, 0.2) is 53.7 Å². The lowest BCUT2D eigenvalue weighted by Crippen LogP contribution is -2.33. The smallest absolute Gasteiger partial charge is 0.230 e. The molecule has 1 atom stereocenters. The second-order valence-electron chi connectivity index (χ2n) is 6.65. The molecule has 0 fully saturated rings. The fraction of sp³-hybridized carbons (Fsp3) is 0.286. The Morgan fingerprint density at radius 2 is 1.96 bits per heavy atom. The maximum atomic E-state index is 12.2. The molecule has 1 heterocycles. The Bertz CT molecular complexity index is 955. The van der Waals surface area contributed by atoms with Gasteiger partial charge in [0, 0.05) is 22.3 Å². The molecule has 0 aliphatic carbocycles. The van der Waals surface area contributed by atoms with Crippen LogP contribution in [0.1, 0.15) is 25.8 Å². The standard InChI is InChI=1S/C21H23ClN4OS/c1-4-15(3)23-19(27)13-28-21-25-24-20(16-7-5-6-14(2)12-16)26(21)18-10-8-17(22)9-11-18/h5-12,15H,4,13H2,1-3H3,(H,23,27). The highest BCUT2D eigenvalue weighted by molar-refractivity contribution is 7.99. The summed E-state index contributed by atoms with van der Waals surface area (Å²) < 4.78 is 1.96. The average molecular weight is 415 g/mol. The van der Waals surface area contributed by atoms with Crippen molar-refractivity contribution in [2.75, 3.05) is 5.75 Å². The molecule has 1 N–H and O–H groups in total. The number of amides is 1. The Morgan fingerprint density at radius 3 is 2.64 bits per heavy atom. The second-order valence-corrected chi connectivity index (χ2v) is 8.03. The van der Waals surface area contributed by atoms with Gasteiger partial charge in [-0.15, -0.1) is 10.2 Å². The lowest BCUT2D eigenvalue weighted by atomic mass is 10.1. The summed E-state index contributed by atoms with van der Waals surface area (Å²) in [6.07, 6.45) is 0.898. The summed E-state index contributed by atoms with van der Waals surface area (Å²) in [4.78, 5) is 12.2. The van der Waals surface area contributed by atoms with E-state index >= 15 is 0 Å². The number of halogens is 1. The summed E-state index contributed by atoms with van der Waals surface area (Å²) >= 11 is 7.43. The third kappa shape index (κ3) is 4.94. The van der Waals surface area contributed by atoms with E-state index in [2.05, 4.69) is 21.6 Å². The molecule has 1 aromatic heterocycles. The molecular weight excluding hydrogens is 392 g/mol. The van der Waals surface area contributed by atoms with Gasteiger partial charge in [0.15, 0.2) is 11.0 Å². The zero-order valence-corrected chi connectivity index (χ0v) is 17.7. The van der Waals surface area contributed by atoms with Crippen LogP contribution in [0.25, 0.3) is 17.1 Å². The van der Waals surface area contributed by atoms with Gasteiger partial charge in [0.05, 0.1) is 5.75 Å². The van der Waals surface area contributed by atoms with Crippen molar-refractivity contribution < 1.29 is 4.79 Å². The van der Waals surface area contributed by atoms with E-state index in [9.17, 15) is 4.79 Å². The first-order valence-electron chi connectivity index (χ1n) is 9.18. The molecule has 146 valence electrons. The number of hydrogen-bond acceptors (Lipinski definition) is 4. The molecule has 1 unspecified atom stereocenters. The number of carbonyl (C=O) groups excluding carboxylic acids is 1. The topological polar surface area (TPSA) is 59.8 Å². The molecule has 2 aromatic carbocycles. The Balaban J connectivity index is 1.94. The SMILES string of the molecule is CCC(C)NC(=O)CSc1nnc(-c2cccc(C)c2)n1-c1ccc(Cl)cc1. The van der Waals surface area contributed by atoms with Crippen LogP contribution < -0.4 is 5.32 Å². The summed E-state index contributed by atoms with van der Waals surface area (Å²) in [6, 6.07) is 15.8. The van der Waals surface area contributed by atoms with Gasteiger partial charge in [0.2, 0.25) is 5.91 Å². The lowest BCUT2D eigenvalue weighted by Gasteiger charge is -2.12. The lowest BCUT2D eigenvalue weighted by molar-refractivity contribution is -0.119. The molecule has 1 amide bonds. The predicted molar refractivity (Wildman–Crippen MR) is 115 cm³/mol. The van der Waals surface area contributed by atoms with Crippen molar-refractivity contribution in [1.29, 1.82) is 0 Å². The average Bonchev–Trinajstić information content (AvgIpc) is 3.11. The number of carbonyl (C=O) groups is 1. The second kappa shape index (κ2) is 9.26. The van der Waals surface area contributed by atoms with Crippen molar-refractivity contribution in [3.8, 4) is 17.1 Å². The molecule has 0 aliphatic heterocycles. The quantitative estimate of drug-likeness (QED) is 0.558. The minimum atomic E-state index is -0.0119. The van der Waals surface area contributed by atoms with Crippen LogP contribution in [0.5, 0.6) is 0 Å². The molecule has 0 radical (unpaired) electrons. The maximum absolute atomic E-state index is 12.2. The number of hydrogen-bond donors (Lipinski definition) is 1. The van der Waals surface area contributed by atoms with Crippen molar-refractivity contribution in [2.24, 2.45) is 0 Å². The van der Waals surface area contributed by atoms with Crippen LogP contribution >= 0.6 is 23.4 Å². The van der Waals surface area contributed by atoms with Gasteiger partial charge in [-0.1, -0.05) is 54.0 Å². The fourth-order valence-corrected chi connectivity index (χ4v) is 3.60. The molecule has 0 saturated heterocycles. The third-order valence-electron chi connectivity index (χ3n) is 4.35. The highest BCUT2D eigenvalue weighted by Gasteiger charge is 2.18. The zero-order valence-electron chi connectivity index (χ0n) is 16.1. The normalized spacial score (nSPS) is 12.0. The summed E-state index contributed by atoms with van der Waals surface area (Å²) in [7, 11) is 0. The molecule has 3 rings (SSSR count). The molecule has 0 saturated carbocycles. The van der Waals surface area contributed by atoms with E-state index in [1.165, 1.54) is 11.8 Å². The highest BCUT2D eigenvalue weighted by Crippen LogP contribution is 2.29. The van der Waals surface area contributed by atoms with Gasteiger partial charge >= 0.3 is 0 Å². The van der Waals surface area contributed by atoms with Gasteiger partial charge in [-0.05, 0) is 50.6 Å². The van der Waals surface area contributed by atoms with Crippen LogP contribution in [0, 0.1) is 6.92 Å². The third-order valence-corrected chi connectivity index (χ3v) is 5.53. The van der Waals surface area contributed by atoms with E-state index in [0.29, 0.717) is 10.2 Å². The molecule has 3 aromatic rings. The van der Waals surface area contributed by atoms with Gasteiger partial charge in [0.25, 0.3) is 0 Å². The van der Waals surface area contributed by atoms with Crippen LogP contribution in [0.2, 0.25) is 5.02 Å². The monoisotopic (exact) mass is 414 g/mol. The summed E-state index contributed by atoms with van der Waals surface area (Å²) in [5.41, 5.74) is 3.01. The van der Waals surface area contributed by atoms with Gasteiger partial charge in [0.1, 0.15) is 0 Å². The fourth-order valence-electron chi connectivity index (χ4n) is 2.71. The number of nitrogens with one attached hydrogen (secondary N) is 1. The van der Waals surface area contributed by atoms with Crippen molar-refractivity contribution in [2.45, 2.75) is 38.4 Å². The molecule has 7 heteroatoms. The van der Waals surface area contributed by atoms with E-state index in [4.69, 9.17) is 11.6 Å². The van der Waals surface area contributed by atoms with E-state index in [1.54, 1.807) is 0 Å². The van der Waals surface area contributed by atoms with Crippen LogP contribution in [-0.2, 0) is 4.79 Å². The number of thioether (sulfide) groups is 1. The Hall–Kier alpha value is -2.31. The van der Waals surface area contributed by atoms with Crippen LogP contribution in [-0.4, -0.2) is 32.5 Å². The van der Waals surface area contributed by atoms with Crippen LogP contribution in [0.4, 0.5) is 0 Å². The number of benzene rings is 2. The van der Waals surface area contributed by atoms with Gasteiger partial charge in [-0.25, -0.2) is 0 Å². The number of aromatic nitrogens is 3. The predicted octanol–water partition coefficient (Wildman–Crippen LogP) is 4.90. The van der Waals surface area contributed by atoms with Gasteiger partial charge in [-0.3, -0.25) is 9.36 Å². The van der Waals surface area contributed by atoms with E-state index in [1.807, 2.05) is 67.8 Å². The molecule has 28 heavy (non-hydrogen) atoms. The first-order chi connectivity index (χ1) is 13.5. The molecule has 0 bridgehead atoms. The largest absolute Gasteiger partial charge is 0.353 e. The van der Waals surface area contributed by atoms with Crippen molar-refractivity contribution in [1.82, 2.24) is 20.1 Å². The first kappa shape index (κ1) is 20.4. The summed E-state index contributed by atoms with van der Waals surface area (Å²) in [5.74, 6) is 1.00.